The van der Waals surface area contributed by atoms with Gasteiger partial charge in [0.15, 0.2) is 3.95 Å². The fourth-order valence-corrected chi connectivity index (χ4v) is 7.26. The van der Waals surface area contributed by atoms with Gasteiger partial charge in [0.1, 0.15) is 16.7 Å². The first kappa shape index (κ1) is 21.2. The molecule has 2 amide bonds. The van der Waals surface area contributed by atoms with E-state index in [1.165, 1.54) is 28.0 Å². The van der Waals surface area contributed by atoms with Crippen LogP contribution in [-0.2, 0) is 9.59 Å². The van der Waals surface area contributed by atoms with Crippen LogP contribution in [0.25, 0.3) is 0 Å². The van der Waals surface area contributed by atoms with Crippen molar-refractivity contribution >= 4 is 52.8 Å². The van der Waals surface area contributed by atoms with E-state index in [1.807, 2.05) is 31.2 Å². The summed E-state index contributed by atoms with van der Waals surface area (Å²) in [6.07, 6.45) is 0. The van der Waals surface area contributed by atoms with Gasteiger partial charge in [-0.05, 0) is 61.1 Å². The Kier molecular flexibility index (Phi) is 5.56. The summed E-state index contributed by atoms with van der Waals surface area (Å²) < 4.78 is 11.4. The van der Waals surface area contributed by atoms with Gasteiger partial charge < -0.3 is 14.5 Å². The summed E-state index contributed by atoms with van der Waals surface area (Å²) in [5.74, 6) is 0.271. The number of anilines is 1. The number of nitrogens with one attached hydrogen (secondary N) is 1. The average molecular weight is 485 g/mol. The van der Waals surface area contributed by atoms with Gasteiger partial charge in [0.2, 0.25) is 11.8 Å². The first-order chi connectivity index (χ1) is 15.5. The summed E-state index contributed by atoms with van der Waals surface area (Å²) in [6.45, 7) is 2.46. The lowest BCUT2D eigenvalue weighted by Crippen LogP contribution is -2.32. The van der Waals surface area contributed by atoms with Gasteiger partial charge in [0, 0.05) is 10.8 Å². The standard InChI is InChI=1S/C23H20N2O4S3/c1-3-29-15-10-6-13(7-11-15)25-21(26)17-16(12-4-8-14(28-2)9-5-12)18-20(24-23(30)32-18)31-19(17)22(25)27/h4-11,16-17,19H,3H2,1-2H3,(H,24,30). The fraction of sp³-hybridized carbons (Fsp3) is 0.261. The van der Waals surface area contributed by atoms with E-state index in [1.54, 1.807) is 31.4 Å². The number of hydrogen-bond donors (Lipinski definition) is 1. The highest BCUT2D eigenvalue weighted by molar-refractivity contribution is 8.01. The van der Waals surface area contributed by atoms with Gasteiger partial charge in [0.25, 0.3) is 0 Å². The van der Waals surface area contributed by atoms with E-state index in [-0.39, 0.29) is 17.7 Å². The number of aromatic amines is 1. The van der Waals surface area contributed by atoms with Gasteiger partial charge in [0.05, 0.1) is 30.3 Å². The Balaban J connectivity index is 1.57. The van der Waals surface area contributed by atoms with Crippen LogP contribution in [0, 0.1) is 9.87 Å². The molecule has 6 nitrogen and oxygen atoms in total. The highest BCUT2D eigenvalue weighted by atomic mass is 32.2. The lowest BCUT2D eigenvalue weighted by atomic mass is 9.83. The lowest BCUT2D eigenvalue weighted by molar-refractivity contribution is -0.122. The number of methoxy groups -OCH3 is 1. The molecular formula is C23H20N2O4S3. The zero-order valence-electron chi connectivity index (χ0n) is 17.4. The van der Waals surface area contributed by atoms with Crippen molar-refractivity contribution in [2.24, 2.45) is 5.92 Å². The van der Waals surface area contributed by atoms with Crippen LogP contribution in [0.3, 0.4) is 0 Å². The molecule has 3 aromatic rings. The number of amides is 2. The molecule has 0 saturated carbocycles. The molecule has 2 aliphatic rings. The van der Waals surface area contributed by atoms with Crippen LogP contribution in [0.4, 0.5) is 5.69 Å². The highest BCUT2D eigenvalue weighted by Crippen LogP contribution is 2.54. The van der Waals surface area contributed by atoms with E-state index >= 15 is 0 Å². The van der Waals surface area contributed by atoms with Gasteiger partial charge in [-0.3, -0.25) is 9.59 Å². The van der Waals surface area contributed by atoms with Crippen molar-refractivity contribution in [2.75, 3.05) is 18.6 Å². The van der Waals surface area contributed by atoms with Crippen molar-refractivity contribution in [1.29, 1.82) is 0 Å². The monoisotopic (exact) mass is 484 g/mol. The van der Waals surface area contributed by atoms with Crippen molar-refractivity contribution in [2.45, 2.75) is 23.1 Å². The summed E-state index contributed by atoms with van der Waals surface area (Å²) >= 11 is 8.26. The molecule has 2 aromatic carbocycles. The first-order valence-electron chi connectivity index (χ1n) is 10.2. The van der Waals surface area contributed by atoms with Crippen LogP contribution in [0.15, 0.2) is 53.6 Å². The van der Waals surface area contributed by atoms with Gasteiger partial charge in [-0.1, -0.05) is 23.9 Å². The number of aromatic nitrogens is 1. The number of ether oxygens (including phenoxy) is 2. The number of benzene rings is 2. The number of H-pyrrole nitrogens is 1. The van der Waals surface area contributed by atoms with Gasteiger partial charge >= 0.3 is 0 Å². The lowest BCUT2D eigenvalue weighted by Gasteiger charge is -2.30. The molecular weight excluding hydrogens is 464 g/mol. The van der Waals surface area contributed by atoms with Crippen LogP contribution < -0.4 is 14.4 Å². The zero-order valence-corrected chi connectivity index (χ0v) is 19.8. The van der Waals surface area contributed by atoms with Crippen LogP contribution in [0.1, 0.15) is 23.3 Å². The molecule has 32 heavy (non-hydrogen) atoms. The van der Waals surface area contributed by atoms with Crippen molar-refractivity contribution in [3.63, 3.8) is 0 Å². The number of fused-ring (bicyclic) bond motifs is 2. The van der Waals surface area contributed by atoms with E-state index in [4.69, 9.17) is 21.7 Å². The summed E-state index contributed by atoms with van der Waals surface area (Å²) in [7, 11) is 1.62. The molecule has 1 saturated heterocycles. The maximum Gasteiger partial charge on any atom is 0.248 e. The quantitative estimate of drug-likeness (QED) is 0.406. The molecule has 3 unspecified atom stereocenters. The third kappa shape index (κ3) is 3.44. The third-order valence-electron chi connectivity index (χ3n) is 5.70. The largest absolute Gasteiger partial charge is 0.497 e. The second kappa shape index (κ2) is 8.38. The molecule has 3 atom stereocenters. The SMILES string of the molecule is CCOc1ccc(N2C(=O)C3Sc4[nH]c(=S)sc4C(c4ccc(OC)cc4)C3C2=O)cc1. The highest BCUT2D eigenvalue weighted by Gasteiger charge is 2.56. The van der Waals surface area contributed by atoms with E-state index < -0.39 is 11.2 Å². The summed E-state index contributed by atoms with van der Waals surface area (Å²) in [5, 5.41) is 0.352. The van der Waals surface area contributed by atoms with Crippen molar-refractivity contribution in [3.05, 3.63) is 62.9 Å². The summed E-state index contributed by atoms with van der Waals surface area (Å²) in [6, 6.07) is 14.8. The van der Waals surface area contributed by atoms with Gasteiger partial charge in [-0.15, -0.1) is 11.3 Å². The van der Waals surface area contributed by atoms with Gasteiger partial charge in [-0.25, -0.2) is 4.90 Å². The molecule has 1 fully saturated rings. The molecule has 164 valence electrons. The van der Waals surface area contributed by atoms with E-state index in [0.29, 0.717) is 22.0 Å². The van der Waals surface area contributed by atoms with Crippen molar-refractivity contribution in [1.82, 2.24) is 4.98 Å². The molecule has 0 bridgehead atoms. The molecule has 1 aromatic heterocycles. The van der Waals surface area contributed by atoms with Crippen LogP contribution in [-0.4, -0.2) is 35.8 Å². The Bertz CT molecular complexity index is 1230. The summed E-state index contributed by atoms with van der Waals surface area (Å²) in [5.41, 5.74) is 1.52. The molecule has 1 N–H and O–H groups in total. The Morgan fingerprint density at radius 1 is 1.03 bits per heavy atom. The topological polar surface area (TPSA) is 71.6 Å². The Morgan fingerprint density at radius 3 is 2.38 bits per heavy atom. The van der Waals surface area contributed by atoms with Crippen LogP contribution in [0.5, 0.6) is 11.5 Å². The number of rotatable bonds is 5. The minimum atomic E-state index is -0.520. The second-order valence-corrected chi connectivity index (χ2v) is 10.3. The number of imide groups is 1. The van der Waals surface area contributed by atoms with E-state index in [2.05, 4.69) is 4.98 Å². The maximum absolute atomic E-state index is 13.7. The third-order valence-corrected chi connectivity index (χ3v) is 8.46. The second-order valence-electron chi connectivity index (χ2n) is 7.46. The van der Waals surface area contributed by atoms with Crippen LogP contribution in [0.2, 0.25) is 0 Å². The van der Waals surface area contributed by atoms with Crippen LogP contribution >= 0.6 is 35.3 Å². The minimum absolute atomic E-state index is 0.192. The number of nitrogens with zero attached hydrogens (tertiary/aromatic N) is 1. The molecule has 2 aliphatic heterocycles. The molecule has 5 rings (SSSR count). The average Bonchev–Trinajstić information content (AvgIpc) is 3.29. The number of carbonyl (C=O) groups excluding carboxylic acids is 2. The minimum Gasteiger partial charge on any atom is -0.497 e. The number of hydrogen-bond acceptors (Lipinski definition) is 7. The zero-order chi connectivity index (χ0) is 22.4. The Morgan fingerprint density at radius 2 is 1.72 bits per heavy atom. The molecule has 0 radical (unpaired) electrons. The number of carbonyl (C=O) groups is 2. The molecule has 3 heterocycles. The number of thiazole rings is 1. The number of thioether (sulfide) groups is 1. The van der Waals surface area contributed by atoms with Crippen molar-refractivity contribution in [3.8, 4) is 11.5 Å². The normalized spacial score (nSPS) is 21.9. The van der Waals surface area contributed by atoms with E-state index in [9.17, 15) is 9.59 Å². The molecule has 0 spiro atoms. The predicted molar refractivity (Wildman–Crippen MR) is 128 cm³/mol. The Labute approximate surface area is 198 Å². The fourth-order valence-electron chi connectivity index (χ4n) is 4.30. The maximum atomic E-state index is 13.7. The van der Waals surface area contributed by atoms with Gasteiger partial charge in [-0.2, -0.15) is 0 Å². The molecule has 0 aliphatic carbocycles. The molecule has 9 heteroatoms. The van der Waals surface area contributed by atoms with Crippen molar-refractivity contribution < 1.29 is 19.1 Å². The predicted octanol–water partition coefficient (Wildman–Crippen LogP) is 5.01. The smallest absolute Gasteiger partial charge is 0.248 e. The van der Waals surface area contributed by atoms with E-state index in [0.717, 1.165) is 21.2 Å². The Hall–Kier alpha value is -2.62. The summed E-state index contributed by atoms with van der Waals surface area (Å²) in [4.78, 5) is 32.7. The first-order valence-corrected chi connectivity index (χ1v) is 12.3.